The van der Waals surface area contributed by atoms with Crippen molar-refractivity contribution in [3.8, 4) is 0 Å². The molecule has 0 radical (unpaired) electrons. The predicted octanol–water partition coefficient (Wildman–Crippen LogP) is 2.97. The first-order chi connectivity index (χ1) is 14.3. The van der Waals surface area contributed by atoms with Gasteiger partial charge < -0.3 is 21.1 Å². The summed E-state index contributed by atoms with van der Waals surface area (Å²) in [4.78, 5) is 36.6. The van der Waals surface area contributed by atoms with E-state index in [1.807, 2.05) is 26.0 Å². The number of hydrogen-bond donors (Lipinski definition) is 4. The SMILES string of the molecule is CC(C)C[C@H](NC(=O)C[C@@H](CNC(=O)C1CCNCC1)c1ccc(Cl)cc1)C(=O)O.Cl. The van der Waals surface area contributed by atoms with E-state index in [-0.39, 0.29) is 48.4 Å². The molecule has 2 amide bonds. The highest BCUT2D eigenvalue weighted by Gasteiger charge is 2.25. The molecule has 0 spiro atoms. The summed E-state index contributed by atoms with van der Waals surface area (Å²) in [6.45, 7) is 5.78. The zero-order valence-electron chi connectivity index (χ0n) is 18.0. The number of halogens is 2. The minimum atomic E-state index is -1.04. The Morgan fingerprint density at radius 2 is 1.77 bits per heavy atom. The van der Waals surface area contributed by atoms with Gasteiger partial charge in [0, 0.05) is 29.8 Å². The normalized spacial score (nSPS) is 16.1. The summed E-state index contributed by atoms with van der Waals surface area (Å²) >= 11 is 5.98. The van der Waals surface area contributed by atoms with Gasteiger partial charge in [0.15, 0.2) is 0 Å². The maximum atomic E-state index is 12.6. The Kier molecular flexibility index (Phi) is 11.9. The number of piperidine rings is 1. The maximum Gasteiger partial charge on any atom is 0.326 e. The van der Waals surface area contributed by atoms with Crippen molar-refractivity contribution >= 4 is 41.8 Å². The van der Waals surface area contributed by atoms with Crippen molar-refractivity contribution in [1.82, 2.24) is 16.0 Å². The first-order valence-corrected chi connectivity index (χ1v) is 10.9. The van der Waals surface area contributed by atoms with E-state index in [2.05, 4.69) is 16.0 Å². The molecule has 1 aromatic rings. The van der Waals surface area contributed by atoms with Crippen LogP contribution in [0.4, 0.5) is 0 Å². The first kappa shape index (κ1) is 27.2. The molecule has 9 heteroatoms. The van der Waals surface area contributed by atoms with Gasteiger partial charge >= 0.3 is 5.97 Å². The van der Waals surface area contributed by atoms with Crippen LogP contribution in [0.1, 0.15) is 51.0 Å². The molecule has 174 valence electrons. The Morgan fingerprint density at radius 3 is 2.32 bits per heavy atom. The number of benzene rings is 1. The summed E-state index contributed by atoms with van der Waals surface area (Å²) in [5.74, 6) is -1.55. The van der Waals surface area contributed by atoms with E-state index in [9.17, 15) is 19.5 Å². The number of rotatable bonds is 10. The number of nitrogens with one attached hydrogen (secondary N) is 3. The molecule has 0 aromatic heterocycles. The van der Waals surface area contributed by atoms with Crippen LogP contribution in [0.15, 0.2) is 24.3 Å². The Balaban J connectivity index is 0.00000480. The average Bonchev–Trinajstić information content (AvgIpc) is 2.71. The van der Waals surface area contributed by atoms with Gasteiger partial charge in [0.1, 0.15) is 6.04 Å². The van der Waals surface area contributed by atoms with Crippen LogP contribution in [-0.2, 0) is 14.4 Å². The van der Waals surface area contributed by atoms with E-state index >= 15 is 0 Å². The molecule has 4 N–H and O–H groups in total. The van der Waals surface area contributed by atoms with Crippen LogP contribution in [0.3, 0.4) is 0 Å². The largest absolute Gasteiger partial charge is 0.480 e. The summed E-state index contributed by atoms with van der Waals surface area (Å²) in [6.07, 6.45) is 2.04. The molecule has 1 fully saturated rings. The minimum Gasteiger partial charge on any atom is -0.480 e. The van der Waals surface area contributed by atoms with Crippen molar-refractivity contribution < 1.29 is 19.5 Å². The average molecular weight is 474 g/mol. The zero-order chi connectivity index (χ0) is 22.1. The van der Waals surface area contributed by atoms with Gasteiger partial charge in [-0.3, -0.25) is 9.59 Å². The smallest absolute Gasteiger partial charge is 0.326 e. The highest BCUT2D eigenvalue weighted by molar-refractivity contribution is 6.30. The highest BCUT2D eigenvalue weighted by Crippen LogP contribution is 2.22. The number of hydrogen-bond acceptors (Lipinski definition) is 4. The molecule has 1 aliphatic rings. The van der Waals surface area contributed by atoms with Gasteiger partial charge in [0.05, 0.1) is 0 Å². The summed E-state index contributed by atoms with van der Waals surface area (Å²) in [7, 11) is 0. The fourth-order valence-electron chi connectivity index (χ4n) is 3.66. The van der Waals surface area contributed by atoms with E-state index < -0.39 is 12.0 Å². The second-order valence-electron chi connectivity index (χ2n) is 8.31. The van der Waals surface area contributed by atoms with Crippen LogP contribution in [0.5, 0.6) is 0 Å². The van der Waals surface area contributed by atoms with Gasteiger partial charge in [0.2, 0.25) is 11.8 Å². The molecular formula is C22H33Cl2N3O4. The van der Waals surface area contributed by atoms with Crippen molar-refractivity contribution in [3.05, 3.63) is 34.9 Å². The number of carbonyl (C=O) groups is 3. The van der Waals surface area contributed by atoms with Crippen LogP contribution >= 0.6 is 24.0 Å². The van der Waals surface area contributed by atoms with Gasteiger partial charge in [-0.25, -0.2) is 4.79 Å². The van der Waals surface area contributed by atoms with Gasteiger partial charge in [-0.15, -0.1) is 12.4 Å². The van der Waals surface area contributed by atoms with E-state index in [4.69, 9.17) is 11.6 Å². The van der Waals surface area contributed by atoms with Crippen molar-refractivity contribution in [2.75, 3.05) is 19.6 Å². The number of carbonyl (C=O) groups excluding carboxylic acids is 2. The predicted molar refractivity (Wildman–Crippen MR) is 124 cm³/mol. The molecule has 1 heterocycles. The van der Waals surface area contributed by atoms with Crippen molar-refractivity contribution in [1.29, 1.82) is 0 Å². The fraction of sp³-hybridized carbons (Fsp3) is 0.591. The Hall–Kier alpha value is -1.83. The maximum absolute atomic E-state index is 12.6. The molecule has 0 bridgehead atoms. The standard InChI is InChI=1S/C22H32ClN3O4.ClH/c1-14(2)11-19(22(29)30)26-20(27)12-17(15-3-5-18(23)6-4-15)13-25-21(28)16-7-9-24-10-8-16;/h3-6,14,16-17,19,24H,7-13H2,1-2H3,(H,25,28)(H,26,27)(H,29,30);1H/t17-,19-;/m0./s1. The van der Waals surface area contributed by atoms with Crippen LogP contribution in [0.2, 0.25) is 5.02 Å². The van der Waals surface area contributed by atoms with Crippen molar-refractivity contribution in [2.24, 2.45) is 11.8 Å². The lowest BCUT2D eigenvalue weighted by Crippen LogP contribution is -2.43. The van der Waals surface area contributed by atoms with Gasteiger partial charge in [-0.2, -0.15) is 0 Å². The molecule has 0 unspecified atom stereocenters. The molecule has 1 aromatic carbocycles. The third kappa shape index (κ3) is 9.46. The summed E-state index contributed by atoms with van der Waals surface area (Å²) in [5.41, 5.74) is 0.871. The third-order valence-electron chi connectivity index (χ3n) is 5.35. The molecule has 0 aliphatic carbocycles. The lowest BCUT2D eigenvalue weighted by atomic mass is 9.93. The van der Waals surface area contributed by atoms with E-state index in [1.54, 1.807) is 12.1 Å². The Morgan fingerprint density at radius 1 is 1.16 bits per heavy atom. The van der Waals surface area contributed by atoms with Crippen LogP contribution < -0.4 is 16.0 Å². The number of amides is 2. The number of aliphatic carboxylic acids is 1. The quantitative estimate of drug-likeness (QED) is 0.417. The lowest BCUT2D eigenvalue weighted by Gasteiger charge is -2.24. The molecule has 1 saturated heterocycles. The van der Waals surface area contributed by atoms with Crippen LogP contribution in [0.25, 0.3) is 0 Å². The molecule has 2 rings (SSSR count). The van der Waals surface area contributed by atoms with Gasteiger partial charge in [0.25, 0.3) is 0 Å². The summed E-state index contributed by atoms with van der Waals surface area (Å²) < 4.78 is 0. The molecule has 2 atom stereocenters. The highest BCUT2D eigenvalue weighted by atomic mass is 35.5. The Bertz CT molecular complexity index is 722. The van der Waals surface area contributed by atoms with Crippen LogP contribution in [-0.4, -0.2) is 48.6 Å². The molecular weight excluding hydrogens is 441 g/mol. The Labute approximate surface area is 195 Å². The number of carboxylic acid groups (broad SMARTS) is 1. The fourth-order valence-corrected chi connectivity index (χ4v) is 3.79. The van der Waals surface area contributed by atoms with E-state index in [1.165, 1.54) is 0 Å². The van der Waals surface area contributed by atoms with Crippen molar-refractivity contribution in [3.63, 3.8) is 0 Å². The monoisotopic (exact) mass is 473 g/mol. The number of carboxylic acids is 1. The minimum absolute atomic E-state index is 0. The molecule has 1 aliphatic heterocycles. The van der Waals surface area contributed by atoms with Crippen LogP contribution in [0, 0.1) is 11.8 Å². The van der Waals surface area contributed by atoms with Gasteiger partial charge in [-0.1, -0.05) is 37.6 Å². The third-order valence-corrected chi connectivity index (χ3v) is 5.60. The van der Waals surface area contributed by atoms with E-state index in [0.717, 1.165) is 31.5 Å². The second kappa shape index (κ2) is 13.6. The first-order valence-electron chi connectivity index (χ1n) is 10.5. The zero-order valence-corrected chi connectivity index (χ0v) is 19.6. The molecule has 0 saturated carbocycles. The second-order valence-corrected chi connectivity index (χ2v) is 8.75. The lowest BCUT2D eigenvalue weighted by molar-refractivity contribution is -0.142. The summed E-state index contributed by atoms with van der Waals surface area (Å²) in [5, 5.41) is 18.8. The van der Waals surface area contributed by atoms with E-state index in [0.29, 0.717) is 18.0 Å². The van der Waals surface area contributed by atoms with Gasteiger partial charge in [-0.05, 0) is 56.0 Å². The molecule has 31 heavy (non-hydrogen) atoms. The topological polar surface area (TPSA) is 108 Å². The molecule has 7 nitrogen and oxygen atoms in total. The summed E-state index contributed by atoms with van der Waals surface area (Å²) in [6, 6.07) is 6.23. The van der Waals surface area contributed by atoms with Crippen molar-refractivity contribution in [2.45, 2.75) is 51.5 Å².